The van der Waals surface area contributed by atoms with Crippen LogP contribution in [0.1, 0.15) is 18.5 Å². The topological polar surface area (TPSA) is 69.6 Å². The molecule has 0 saturated carbocycles. The molecule has 0 amide bonds. The monoisotopic (exact) mass is 378 g/mol. The van der Waals surface area contributed by atoms with E-state index in [1.807, 2.05) is 19.1 Å². The van der Waals surface area contributed by atoms with Crippen LogP contribution in [0, 0.1) is 0 Å². The van der Waals surface area contributed by atoms with Gasteiger partial charge in [0.25, 0.3) is 0 Å². The van der Waals surface area contributed by atoms with Gasteiger partial charge in [-0.05, 0) is 24.6 Å². The zero-order valence-corrected chi connectivity index (χ0v) is 16.3. The number of nitrogens with zero attached hydrogens (tertiary/aromatic N) is 2. The highest BCUT2D eigenvalue weighted by atomic mass is 32.2. The number of allylic oxidation sites excluding steroid dienone is 1. The van der Waals surface area contributed by atoms with Gasteiger partial charge in [-0.2, -0.15) is 0 Å². The Balaban J connectivity index is 2.19. The summed E-state index contributed by atoms with van der Waals surface area (Å²) < 4.78 is 21.4. The average Bonchev–Trinajstić information content (AvgIpc) is 3.12. The van der Waals surface area contributed by atoms with Gasteiger partial charge in [-0.3, -0.25) is 0 Å². The summed E-state index contributed by atoms with van der Waals surface area (Å²) in [6.07, 6.45) is 0. The van der Waals surface area contributed by atoms with Gasteiger partial charge >= 0.3 is 5.97 Å². The number of benzene rings is 1. The van der Waals surface area contributed by atoms with Crippen molar-refractivity contribution >= 4 is 22.9 Å². The summed E-state index contributed by atoms with van der Waals surface area (Å²) in [7, 11) is 6.09. The quantitative estimate of drug-likeness (QED) is 0.730. The first-order chi connectivity index (χ1) is 12.5. The molecule has 2 aliphatic rings. The molecule has 1 aromatic rings. The number of methoxy groups -OCH3 is 4. The molecule has 0 aromatic heterocycles. The van der Waals surface area contributed by atoms with Gasteiger partial charge in [0.1, 0.15) is 0 Å². The van der Waals surface area contributed by atoms with Crippen molar-refractivity contribution in [3.8, 4) is 17.2 Å². The normalized spacial score (nSPS) is 19.0. The first kappa shape index (κ1) is 18.4. The molecule has 0 bridgehead atoms. The molecule has 140 valence electrons. The van der Waals surface area contributed by atoms with E-state index in [0.717, 1.165) is 23.0 Å². The number of aliphatic imine (C=N–C) groups is 1. The summed E-state index contributed by atoms with van der Waals surface area (Å²) in [6, 6.07) is 3.42. The van der Waals surface area contributed by atoms with E-state index in [9.17, 15) is 4.79 Å². The Morgan fingerprint density at radius 1 is 1.15 bits per heavy atom. The Morgan fingerprint density at radius 2 is 1.81 bits per heavy atom. The van der Waals surface area contributed by atoms with Crippen LogP contribution < -0.4 is 14.2 Å². The van der Waals surface area contributed by atoms with E-state index in [0.29, 0.717) is 28.5 Å². The van der Waals surface area contributed by atoms with Crippen LogP contribution in [0.4, 0.5) is 0 Å². The lowest BCUT2D eigenvalue weighted by atomic mass is 9.94. The fourth-order valence-corrected chi connectivity index (χ4v) is 4.32. The highest BCUT2D eigenvalue weighted by Gasteiger charge is 2.39. The Morgan fingerprint density at radius 3 is 2.35 bits per heavy atom. The van der Waals surface area contributed by atoms with Crippen LogP contribution in [0.5, 0.6) is 17.2 Å². The van der Waals surface area contributed by atoms with Crippen LogP contribution in [0.2, 0.25) is 0 Å². The van der Waals surface area contributed by atoms with Crippen molar-refractivity contribution < 1.29 is 23.7 Å². The molecule has 1 aromatic carbocycles. The molecular formula is C18H22N2O5S. The second-order valence-corrected chi connectivity index (χ2v) is 6.85. The van der Waals surface area contributed by atoms with Crippen LogP contribution in [-0.2, 0) is 9.53 Å². The zero-order chi connectivity index (χ0) is 18.8. The van der Waals surface area contributed by atoms with Crippen LogP contribution in [0.25, 0.3) is 0 Å². The number of thioether (sulfide) groups is 1. The van der Waals surface area contributed by atoms with Crippen molar-refractivity contribution in [2.45, 2.75) is 13.0 Å². The van der Waals surface area contributed by atoms with Gasteiger partial charge in [0.2, 0.25) is 5.75 Å². The Hall–Kier alpha value is -2.35. The van der Waals surface area contributed by atoms with E-state index >= 15 is 0 Å². The number of carbonyl (C=O) groups is 1. The molecule has 2 aliphatic heterocycles. The van der Waals surface area contributed by atoms with Crippen molar-refractivity contribution in [3.05, 3.63) is 29.0 Å². The minimum atomic E-state index is -0.388. The molecule has 8 heteroatoms. The predicted molar refractivity (Wildman–Crippen MR) is 100 cm³/mol. The number of amidine groups is 1. The number of ether oxygens (including phenoxy) is 4. The van der Waals surface area contributed by atoms with Crippen molar-refractivity contribution in [1.82, 2.24) is 4.90 Å². The van der Waals surface area contributed by atoms with Gasteiger partial charge in [0.05, 0.1) is 45.8 Å². The number of esters is 1. The molecule has 1 saturated heterocycles. The number of fused-ring (bicyclic) bond motifs is 1. The van der Waals surface area contributed by atoms with E-state index in [-0.39, 0.29) is 12.0 Å². The Bertz CT molecular complexity index is 765. The van der Waals surface area contributed by atoms with Crippen molar-refractivity contribution in [2.24, 2.45) is 4.99 Å². The van der Waals surface area contributed by atoms with Gasteiger partial charge in [0.15, 0.2) is 16.7 Å². The molecule has 7 nitrogen and oxygen atoms in total. The summed E-state index contributed by atoms with van der Waals surface area (Å²) in [6.45, 7) is 2.62. The van der Waals surface area contributed by atoms with E-state index in [2.05, 4.69) is 9.89 Å². The highest BCUT2D eigenvalue weighted by molar-refractivity contribution is 8.14. The second kappa shape index (κ2) is 7.49. The van der Waals surface area contributed by atoms with E-state index in [1.165, 1.54) is 7.11 Å². The molecule has 1 unspecified atom stereocenters. The summed E-state index contributed by atoms with van der Waals surface area (Å²) in [5.41, 5.74) is 2.04. The SMILES string of the molecule is COC(=O)C1=C(C)N=C2SCCN2C1c1cc(OC)c(OC)c(OC)c1. The lowest BCUT2D eigenvalue weighted by molar-refractivity contribution is -0.136. The standard InChI is InChI=1S/C18H22N2O5S/c1-10-14(17(21)25-5)15(20-6-7-26-18(20)19-10)11-8-12(22-2)16(24-4)13(9-11)23-3/h8-9,15H,6-7H2,1-5H3. The summed E-state index contributed by atoms with van der Waals surface area (Å²) >= 11 is 1.68. The molecule has 0 aliphatic carbocycles. The summed E-state index contributed by atoms with van der Waals surface area (Å²) in [4.78, 5) is 19.2. The summed E-state index contributed by atoms with van der Waals surface area (Å²) in [5.74, 6) is 2.13. The van der Waals surface area contributed by atoms with Crippen molar-refractivity contribution in [3.63, 3.8) is 0 Å². The Kier molecular flexibility index (Phi) is 5.31. The first-order valence-electron chi connectivity index (χ1n) is 8.12. The fourth-order valence-electron chi connectivity index (χ4n) is 3.28. The zero-order valence-electron chi connectivity index (χ0n) is 15.5. The largest absolute Gasteiger partial charge is 0.493 e. The smallest absolute Gasteiger partial charge is 0.338 e. The third kappa shape index (κ3) is 2.98. The van der Waals surface area contributed by atoms with E-state index in [1.54, 1.807) is 33.1 Å². The molecular weight excluding hydrogens is 356 g/mol. The maximum atomic E-state index is 12.5. The predicted octanol–water partition coefficient (Wildman–Crippen LogP) is 2.62. The third-order valence-electron chi connectivity index (χ3n) is 4.46. The molecule has 1 atom stereocenters. The van der Waals surface area contributed by atoms with Crippen LogP contribution in [0.15, 0.2) is 28.4 Å². The van der Waals surface area contributed by atoms with Crippen LogP contribution in [-0.4, -0.2) is 56.8 Å². The molecule has 0 N–H and O–H groups in total. The van der Waals surface area contributed by atoms with Gasteiger partial charge < -0.3 is 23.8 Å². The molecule has 2 heterocycles. The molecule has 0 spiro atoms. The molecule has 1 fully saturated rings. The first-order valence-corrected chi connectivity index (χ1v) is 9.11. The minimum Gasteiger partial charge on any atom is -0.493 e. The second-order valence-electron chi connectivity index (χ2n) is 5.79. The van der Waals surface area contributed by atoms with Gasteiger partial charge in [-0.15, -0.1) is 0 Å². The lowest BCUT2D eigenvalue weighted by Crippen LogP contribution is -2.36. The molecule has 0 radical (unpaired) electrons. The van der Waals surface area contributed by atoms with Gasteiger partial charge in [-0.25, -0.2) is 9.79 Å². The summed E-state index contributed by atoms with van der Waals surface area (Å²) in [5, 5.41) is 0.911. The van der Waals surface area contributed by atoms with E-state index in [4.69, 9.17) is 18.9 Å². The fraction of sp³-hybridized carbons (Fsp3) is 0.444. The average molecular weight is 378 g/mol. The highest BCUT2D eigenvalue weighted by Crippen LogP contribution is 2.45. The van der Waals surface area contributed by atoms with Crippen molar-refractivity contribution in [2.75, 3.05) is 40.7 Å². The van der Waals surface area contributed by atoms with Crippen LogP contribution >= 0.6 is 11.8 Å². The van der Waals surface area contributed by atoms with Gasteiger partial charge in [0, 0.05) is 12.3 Å². The third-order valence-corrected chi connectivity index (χ3v) is 5.43. The number of carbonyl (C=O) groups excluding carboxylic acids is 1. The van der Waals surface area contributed by atoms with E-state index < -0.39 is 0 Å². The maximum Gasteiger partial charge on any atom is 0.338 e. The number of rotatable bonds is 5. The Labute approximate surface area is 157 Å². The van der Waals surface area contributed by atoms with Crippen LogP contribution in [0.3, 0.4) is 0 Å². The lowest BCUT2D eigenvalue weighted by Gasteiger charge is -2.34. The van der Waals surface area contributed by atoms with Crippen molar-refractivity contribution in [1.29, 1.82) is 0 Å². The molecule has 26 heavy (non-hydrogen) atoms. The molecule has 3 rings (SSSR count). The number of hydrogen-bond donors (Lipinski definition) is 0. The minimum absolute atomic E-state index is 0.321. The number of hydrogen-bond acceptors (Lipinski definition) is 8. The maximum absolute atomic E-state index is 12.5. The van der Waals surface area contributed by atoms with Gasteiger partial charge in [-0.1, -0.05) is 11.8 Å².